The second-order valence-corrected chi connectivity index (χ2v) is 7.57. The van der Waals surface area contributed by atoms with Crippen LogP contribution in [0.2, 0.25) is 10.0 Å². The van der Waals surface area contributed by atoms with Crippen molar-refractivity contribution in [1.29, 1.82) is 0 Å². The largest absolute Gasteiger partial charge is 0.383 e. The SMILES string of the molecule is NC(=O)c1cc([N+](=O)[O-])ccc1NCC1(c2ccc(Cl)cc2Cl)CCOCC1. The molecule has 1 aliphatic heterocycles. The Morgan fingerprint density at radius 2 is 1.93 bits per heavy atom. The van der Waals surface area contributed by atoms with E-state index in [-0.39, 0.29) is 16.7 Å². The maximum atomic E-state index is 11.8. The monoisotopic (exact) mass is 423 g/mol. The summed E-state index contributed by atoms with van der Waals surface area (Å²) in [6, 6.07) is 9.41. The second kappa shape index (κ2) is 8.34. The molecule has 0 bridgehead atoms. The molecule has 0 spiro atoms. The molecule has 0 radical (unpaired) electrons. The first kappa shape index (κ1) is 20.4. The molecular weight excluding hydrogens is 405 g/mol. The molecule has 3 N–H and O–H groups in total. The van der Waals surface area contributed by atoms with Crippen molar-refractivity contribution in [3.8, 4) is 0 Å². The average molecular weight is 424 g/mol. The van der Waals surface area contributed by atoms with Crippen LogP contribution in [0, 0.1) is 10.1 Å². The van der Waals surface area contributed by atoms with Crippen LogP contribution in [0.15, 0.2) is 36.4 Å². The normalized spacial score (nSPS) is 15.8. The van der Waals surface area contributed by atoms with Gasteiger partial charge in [-0.05, 0) is 36.6 Å². The summed E-state index contributed by atoms with van der Waals surface area (Å²) < 4.78 is 5.52. The number of nitro groups is 1. The number of ether oxygens (including phenoxy) is 1. The number of primary amides is 1. The van der Waals surface area contributed by atoms with Crippen LogP contribution in [0.5, 0.6) is 0 Å². The summed E-state index contributed by atoms with van der Waals surface area (Å²) in [5, 5.41) is 15.3. The Kier molecular flexibility index (Phi) is 6.07. The van der Waals surface area contributed by atoms with Crippen molar-refractivity contribution in [3.05, 3.63) is 67.7 Å². The third-order valence-electron chi connectivity index (χ3n) is 5.05. The van der Waals surface area contributed by atoms with E-state index >= 15 is 0 Å². The van der Waals surface area contributed by atoms with Gasteiger partial charge in [0.25, 0.3) is 11.6 Å². The number of anilines is 1. The van der Waals surface area contributed by atoms with Gasteiger partial charge >= 0.3 is 0 Å². The molecule has 1 aliphatic rings. The lowest BCUT2D eigenvalue weighted by atomic mass is 9.74. The Balaban J connectivity index is 1.93. The molecule has 3 rings (SSSR count). The number of nitrogens with zero attached hydrogens (tertiary/aromatic N) is 1. The van der Waals surface area contributed by atoms with Crippen molar-refractivity contribution in [3.63, 3.8) is 0 Å². The first-order valence-electron chi connectivity index (χ1n) is 8.68. The molecule has 0 aromatic heterocycles. The number of nitrogens with two attached hydrogens (primary N) is 1. The van der Waals surface area contributed by atoms with E-state index in [0.717, 1.165) is 18.4 Å². The number of rotatable bonds is 6. The summed E-state index contributed by atoms with van der Waals surface area (Å²) in [7, 11) is 0. The van der Waals surface area contributed by atoms with Gasteiger partial charge in [0.2, 0.25) is 0 Å². The lowest BCUT2D eigenvalue weighted by Gasteiger charge is -2.39. The predicted molar refractivity (Wildman–Crippen MR) is 108 cm³/mol. The van der Waals surface area contributed by atoms with Crippen LogP contribution in [-0.4, -0.2) is 30.6 Å². The van der Waals surface area contributed by atoms with Gasteiger partial charge in [-0.2, -0.15) is 0 Å². The zero-order valence-electron chi connectivity index (χ0n) is 14.9. The number of carbonyl (C=O) groups is 1. The molecule has 28 heavy (non-hydrogen) atoms. The van der Waals surface area contributed by atoms with Gasteiger partial charge in [0.15, 0.2) is 0 Å². The van der Waals surface area contributed by atoms with Crippen molar-refractivity contribution in [2.45, 2.75) is 18.3 Å². The summed E-state index contributed by atoms with van der Waals surface area (Å²) >= 11 is 12.5. The standard InChI is InChI=1S/C19H19Cl2N3O4/c20-12-1-3-15(16(21)9-12)19(5-7-28-8-6-19)11-23-17-4-2-13(24(26)27)10-14(17)18(22)25/h1-4,9-10,23H,5-8,11H2,(H2,22,25). The van der Waals surface area contributed by atoms with E-state index < -0.39 is 10.8 Å². The molecule has 1 heterocycles. The summed E-state index contributed by atoms with van der Waals surface area (Å²) in [5.74, 6) is -0.739. The first-order chi connectivity index (χ1) is 13.3. The molecule has 1 fully saturated rings. The summed E-state index contributed by atoms with van der Waals surface area (Å²) in [4.78, 5) is 22.2. The van der Waals surface area contributed by atoms with Crippen LogP contribution >= 0.6 is 23.2 Å². The van der Waals surface area contributed by atoms with Gasteiger partial charge in [-0.3, -0.25) is 14.9 Å². The fourth-order valence-corrected chi connectivity index (χ4v) is 4.10. The highest BCUT2D eigenvalue weighted by Gasteiger charge is 2.36. The van der Waals surface area contributed by atoms with Crippen LogP contribution in [0.25, 0.3) is 0 Å². The van der Waals surface area contributed by atoms with Gasteiger partial charge in [-0.25, -0.2) is 0 Å². The van der Waals surface area contributed by atoms with Gasteiger partial charge in [0, 0.05) is 53.0 Å². The van der Waals surface area contributed by atoms with Gasteiger partial charge in [-0.15, -0.1) is 0 Å². The quantitative estimate of drug-likeness (QED) is 0.535. The number of carbonyl (C=O) groups excluding carboxylic acids is 1. The van der Waals surface area contributed by atoms with Crippen LogP contribution in [0.4, 0.5) is 11.4 Å². The van der Waals surface area contributed by atoms with Crippen LogP contribution < -0.4 is 11.1 Å². The minimum atomic E-state index is -0.739. The van der Waals surface area contributed by atoms with Crippen molar-refractivity contribution >= 4 is 40.5 Å². The average Bonchev–Trinajstić information content (AvgIpc) is 2.66. The molecular formula is C19H19Cl2N3O4. The first-order valence-corrected chi connectivity index (χ1v) is 9.43. The number of benzene rings is 2. The molecule has 0 aliphatic carbocycles. The minimum absolute atomic E-state index is 0.0682. The highest BCUT2D eigenvalue weighted by Crippen LogP contribution is 2.40. The third kappa shape index (κ3) is 4.22. The lowest BCUT2D eigenvalue weighted by molar-refractivity contribution is -0.384. The lowest BCUT2D eigenvalue weighted by Crippen LogP contribution is -2.40. The van der Waals surface area contributed by atoms with Crippen LogP contribution in [0.3, 0.4) is 0 Å². The molecule has 9 heteroatoms. The number of non-ortho nitro benzene ring substituents is 1. The maximum absolute atomic E-state index is 11.8. The zero-order chi connectivity index (χ0) is 20.3. The topological polar surface area (TPSA) is 107 Å². The second-order valence-electron chi connectivity index (χ2n) is 6.72. The molecule has 7 nitrogen and oxygen atoms in total. The highest BCUT2D eigenvalue weighted by molar-refractivity contribution is 6.35. The highest BCUT2D eigenvalue weighted by atomic mass is 35.5. The Morgan fingerprint density at radius 1 is 1.21 bits per heavy atom. The van der Waals surface area contributed by atoms with Gasteiger partial charge in [-0.1, -0.05) is 29.3 Å². The minimum Gasteiger partial charge on any atom is -0.383 e. The van der Waals surface area contributed by atoms with Gasteiger partial charge in [0.05, 0.1) is 10.5 Å². The summed E-state index contributed by atoms with van der Waals surface area (Å²) in [6.07, 6.45) is 1.44. The van der Waals surface area contributed by atoms with Gasteiger partial charge < -0.3 is 15.8 Å². The maximum Gasteiger partial charge on any atom is 0.270 e. The van der Waals surface area contributed by atoms with E-state index in [1.54, 1.807) is 12.1 Å². The van der Waals surface area contributed by atoms with E-state index in [0.29, 0.717) is 35.5 Å². The number of nitro benzene ring substituents is 1. The summed E-state index contributed by atoms with van der Waals surface area (Å²) in [5.41, 5.74) is 6.34. The molecule has 1 amide bonds. The van der Waals surface area contributed by atoms with Crippen LogP contribution in [-0.2, 0) is 10.2 Å². The number of halogens is 2. The van der Waals surface area contributed by atoms with E-state index in [1.807, 2.05) is 6.07 Å². The zero-order valence-corrected chi connectivity index (χ0v) is 16.4. The number of hydrogen-bond donors (Lipinski definition) is 2. The molecule has 2 aromatic carbocycles. The fourth-order valence-electron chi connectivity index (χ4n) is 3.49. The van der Waals surface area contributed by atoms with Crippen LogP contribution in [0.1, 0.15) is 28.8 Å². The molecule has 148 valence electrons. The fraction of sp³-hybridized carbons (Fsp3) is 0.316. The Hall–Kier alpha value is -2.35. The Bertz CT molecular complexity index is 914. The molecule has 1 saturated heterocycles. The molecule has 2 aromatic rings. The van der Waals surface area contributed by atoms with Crippen molar-refractivity contribution in [2.75, 3.05) is 25.1 Å². The smallest absolute Gasteiger partial charge is 0.270 e. The van der Waals surface area contributed by atoms with E-state index in [9.17, 15) is 14.9 Å². The molecule has 0 unspecified atom stereocenters. The van der Waals surface area contributed by atoms with Crippen molar-refractivity contribution in [2.24, 2.45) is 5.73 Å². The summed E-state index contributed by atoms with van der Waals surface area (Å²) in [6.45, 7) is 1.60. The third-order valence-corrected chi connectivity index (χ3v) is 5.60. The predicted octanol–water partition coefficient (Wildman–Crippen LogP) is 4.16. The van der Waals surface area contributed by atoms with E-state index in [1.165, 1.54) is 18.2 Å². The number of amides is 1. The Labute approximate surface area is 171 Å². The van der Waals surface area contributed by atoms with E-state index in [4.69, 9.17) is 33.7 Å². The van der Waals surface area contributed by atoms with Crippen molar-refractivity contribution < 1.29 is 14.5 Å². The van der Waals surface area contributed by atoms with E-state index in [2.05, 4.69) is 5.32 Å². The number of nitrogens with one attached hydrogen (secondary N) is 1. The molecule has 0 atom stereocenters. The Morgan fingerprint density at radius 3 is 2.54 bits per heavy atom. The van der Waals surface area contributed by atoms with Gasteiger partial charge in [0.1, 0.15) is 0 Å². The van der Waals surface area contributed by atoms with Crippen molar-refractivity contribution in [1.82, 2.24) is 0 Å². The molecule has 0 saturated carbocycles. The number of hydrogen-bond acceptors (Lipinski definition) is 5.